The molecular weight excluding hydrogens is 365 g/mol. The predicted octanol–water partition coefficient (Wildman–Crippen LogP) is 4.98. The molecule has 1 fully saturated rings. The smallest absolute Gasteiger partial charge is 0.0827 e. The van der Waals surface area contributed by atoms with E-state index in [0.29, 0.717) is 0 Å². The van der Waals surface area contributed by atoms with Crippen molar-refractivity contribution in [2.75, 3.05) is 27.2 Å². The highest BCUT2D eigenvalue weighted by molar-refractivity contribution is 6.32. The lowest BCUT2D eigenvalue weighted by Gasteiger charge is -2.34. The third kappa shape index (κ3) is 3.16. The number of nitrogens with zero attached hydrogens (tertiary/aromatic N) is 3. The van der Waals surface area contributed by atoms with Crippen LogP contribution in [0.5, 0.6) is 0 Å². The summed E-state index contributed by atoms with van der Waals surface area (Å²) in [5, 5.41) is 8.52. The summed E-state index contributed by atoms with van der Waals surface area (Å²) in [5.41, 5.74) is 4.53. The average molecular weight is 386 g/mol. The zero-order chi connectivity index (χ0) is 18.3. The number of rotatable bonds is 2. The van der Waals surface area contributed by atoms with E-state index in [4.69, 9.17) is 28.3 Å². The number of hydrogen-bond donors (Lipinski definition) is 0. The van der Waals surface area contributed by atoms with Gasteiger partial charge in [-0.15, -0.1) is 0 Å². The topological polar surface area (TPSA) is 18.8 Å². The molecule has 0 aromatic heterocycles. The summed E-state index contributed by atoms with van der Waals surface area (Å²) in [6.45, 7) is 1.82. The summed E-state index contributed by atoms with van der Waals surface area (Å²) in [7, 11) is 4.19. The highest BCUT2D eigenvalue weighted by Gasteiger charge is 2.42. The molecule has 5 heteroatoms. The number of hydrogen-bond acceptors (Lipinski definition) is 3. The Morgan fingerprint density at radius 3 is 2.42 bits per heavy atom. The highest BCUT2D eigenvalue weighted by atomic mass is 35.5. The fourth-order valence-corrected chi connectivity index (χ4v) is 4.45. The van der Waals surface area contributed by atoms with Crippen molar-refractivity contribution in [3.05, 3.63) is 75.3 Å². The van der Waals surface area contributed by atoms with Gasteiger partial charge in [0.25, 0.3) is 0 Å². The molecular formula is C21H21Cl2N3. The molecule has 0 amide bonds. The van der Waals surface area contributed by atoms with Gasteiger partial charge in [-0.3, -0.25) is 5.01 Å². The Labute approximate surface area is 164 Å². The van der Waals surface area contributed by atoms with E-state index in [2.05, 4.69) is 29.1 Å². The molecule has 0 unspecified atom stereocenters. The third-order valence-electron chi connectivity index (χ3n) is 5.14. The average Bonchev–Trinajstić information content (AvgIpc) is 2.93. The molecule has 3 nitrogen and oxygen atoms in total. The number of likely N-dealkylation sites (tertiary alicyclic amines) is 1. The maximum absolute atomic E-state index is 6.50. The molecule has 4 rings (SSSR count). The van der Waals surface area contributed by atoms with Crippen molar-refractivity contribution in [3.63, 3.8) is 0 Å². The Kier molecular flexibility index (Phi) is 4.78. The Morgan fingerprint density at radius 1 is 1.00 bits per heavy atom. The number of likely N-dealkylation sites (N-methyl/N-ethyl adjacent to an activating group) is 1. The zero-order valence-corrected chi connectivity index (χ0v) is 16.4. The molecule has 0 bridgehead atoms. The van der Waals surface area contributed by atoms with Crippen molar-refractivity contribution in [1.29, 1.82) is 0 Å². The second-order valence-corrected chi connectivity index (χ2v) is 7.83. The first-order chi connectivity index (χ1) is 12.5. The lowest BCUT2D eigenvalue weighted by molar-refractivity contribution is 0.211. The third-order valence-corrected chi connectivity index (χ3v) is 5.83. The second kappa shape index (κ2) is 7.07. The molecule has 2 heterocycles. The number of piperidine rings is 1. The molecule has 0 aliphatic carbocycles. The first kappa shape index (κ1) is 17.6. The van der Waals surface area contributed by atoms with E-state index in [9.17, 15) is 0 Å². The number of benzene rings is 2. The van der Waals surface area contributed by atoms with Crippen LogP contribution in [0.15, 0.2) is 59.2 Å². The molecule has 0 N–H and O–H groups in total. The van der Waals surface area contributed by atoms with E-state index in [1.165, 1.54) is 5.57 Å². The van der Waals surface area contributed by atoms with Crippen LogP contribution in [0.2, 0.25) is 10.0 Å². The predicted molar refractivity (Wildman–Crippen MR) is 110 cm³/mol. The van der Waals surface area contributed by atoms with E-state index < -0.39 is 0 Å². The molecule has 2 atom stereocenters. The molecule has 2 aromatic carbocycles. The molecule has 0 radical (unpaired) electrons. The first-order valence-electron chi connectivity index (χ1n) is 8.74. The van der Waals surface area contributed by atoms with Gasteiger partial charge in [-0.1, -0.05) is 59.6 Å². The minimum atomic E-state index is 0.149. The quantitative estimate of drug-likeness (QED) is 0.725. The SMILES string of the molecule is CN1C/C(=C\c2ccccc2Cl)C2=NN(C)[C@@H](c3ccccc3Cl)[C@@H]2C1. The molecule has 2 aliphatic heterocycles. The van der Waals surface area contributed by atoms with Gasteiger partial charge in [-0.25, -0.2) is 0 Å². The van der Waals surface area contributed by atoms with Crippen LogP contribution in [0, 0.1) is 5.92 Å². The van der Waals surface area contributed by atoms with Crippen LogP contribution in [0.4, 0.5) is 0 Å². The standard InChI is InChI=1S/C21H21Cl2N3/c1-25-12-15(11-14-7-3-5-9-18(14)22)20-17(13-25)21(26(2)24-20)16-8-4-6-10-19(16)23/h3-11,17,21H,12-13H2,1-2H3/b15-11+/t17-,21+/m1/s1. The molecule has 2 aromatic rings. The van der Waals surface area contributed by atoms with Gasteiger partial charge in [-0.05, 0) is 42.0 Å². The van der Waals surface area contributed by atoms with Crippen LogP contribution < -0.4 is 0 Å². The van der Waals surface area contributed by atoms with Crippen molar-refractivity contribution in [2.45, 2.75) is 6.04 Å². The first-order valence-corrected chi connectivity index (χ1v) is 9.50. The maximum atomic E-state index is 6.50. The van der Waals surface area contributed by atoms with Crippen molar-refractivity contribution in [3.8, 4) is 0 Å². The van der Waals surface area contributed by atoms with E-state index >= 15 is 0 Å². The van der Waals surface area contributed by atoms with Crippen LogP contribution >= 0.6 is 23.2 Å². The molecule has 134 valence electrons. The molecule has 0 spiro atoms. The van der Waals surface area contributed by atoms with E-state index in [0.717, 1.165) is 40.0 Å². The van der Waals surface area contributed by atoms with Gasteiger partial charge in [0.2, 0.25) is 0 Å². The van der Waals surface area contributed by atoms with Gasteiger partial charge >= 0.3 is 0 Å². The number of fused-ring (bicyclic) bond motifs is 1. The highest BCUT2D eigenvalue weighted by Crippen LogP contribution is 2.41. The van der Waals surface area contributed by atoms with E-state index in [1.807, 2.05) is 49.5 Å². The van der Waals surface area contributed by atoms with E-state index in [-0.39, 0.29) is 12.0 Å². The fourth-order valence-electron chi connectivity index (χ4n) is 4.01. The Balaban J connectivity index is 1.74. The second-order valence-electron chi connectivity index (χ2n) is 7.02. The fraction of sp³-hybridized carbons (Fsp3) is 0.286. The molecule has 26 heavy (non-hydrogen) atoms. The van der Waals surface area contributed by atoms with E-state index in [1.54, 1.807) is 0 Å². The Morgan fingerprint density at radius 2 is 1.69 bits per heavy atom. The number of halogens is 2. The zero-order valence-electron chi connectivity index (χ0n) is 14.9. The van der Waals surface area contributed by atoms with Gasteiger partial charge in [0.05, 0.1) is 11.8 Å². The van der Waals surface area contributed by atoms with Gasteiger partial charge in [0.1, 0.15) is 0 Å². The van der Waals surface area contributed by atoms with Gasteiger partial charge < -0.3 is 4.90 Å². The molecule has 2 aliphatic rings. The maximum Gasteiger partial charge on any atom is 0.0827 e. The number of hydrazone groups is 1. The Hall–Kier alpha value is -1.81. The Bertz CT molecular complexity index is 890. The van der Waals surface area contributed by atoms with Crippen molar-refractivity contribution >= 4 is 35.0 Å². The summed E-state index contributed by atoms with van der Waals surface area (Å²) < 4.78 is 0. The minimum absolute atomic E-state index is 0.149. The summed E-state index contributed by atoms with van der Waals surface area (Å²) in [6, 6.07) is 16.2. The minimum Gasteiger partial charge on any atom is -0.301 e. The summed E-state index contributed by atoms with van der Waals surface area (Å²) in [4.78, 5) is 2.34. The summed E-state index contributed by atoms with van der Waals surface area (Å²) >= 11 is 12.9. The van der Waals surface area contributed by atoms with Crippen LogP contribution in [0.1, 0.15) is 17.2 Å². The molecule has 0 saturated carbocycles. The van der Waals surface area contributed by atoms with Crippen LogP contribution in [0.25, 0.3) is 6.08 Å². The van der Waals surface area contributed by atoms with Gasteiger partial charge in [0, 0.05) is 36.1 Å². The summed E-state index contributed by atoms with van der Waals surface area (Å²) in [5.74, 6) is 0.285. The van der Waals surface area contributed by atoms with Crippen molar-refractivity contribution in [2.24, 2.45) is 11.0 Å². The van der Waals surface area contributed by atoms with Gasteiger partial charge in [-0.2, -0.15) is 5.10 Å². The molecule has 1 saturated heterocycles. The van der Waals surface area contributed by atoms with Crippen molar-refractivity contribution < 1.29 is 0 Å². The lowest BCUT2D eigenvalue weighted by Crippen LogP contribution is -2.41. The van der Waals surface area contributed by atoms with Crippen LogP contribution in [-0.2, 0) is 0 Å². The van der Waals surface area contributed by atoms with Crippen LogP contribution in [-0.4, -0.2) is 42.8 Å². The summed E-state index contributed by atoms with van der Waals surface area (Å²) in [6.07, 6.45) is 2.17. The van der Waals surface area contributed by atoms with Gasteiger partial charge in [0.15, 0.2) is 0 Å². The monoisotopic (exact) mass is 385 g/mol. The van der Waals surface area contributed by atoms with Crippen molar-refractivity contribution in [1.82, 2.24) is 9.91 Å². The lowest BCUT2D eigenvalue weighted by atomic mass is 9.83. The largest absolute Gasteiger partial charge is 0.301 e. The van der Waals surface area contributed by atoms with Crippen LogP contribution in [0.3, 0.4) is 0 Å². The normalized spacial score (nSPS) is 24.7.